The summed E-state index contributed by atoms with van der Waals surface area (Å²) in [7, 11) is 0. The first-order valence-corrected chi connectivity index (χ1v) is 6.49. The topological polar surface area (TPSA) is 20.2 Å². The third-order valence-electron chi connectivity index (χ3n) is 2.43. The van der Waals surface area contributed by atoms with E-state index in [0.717, 1.165) is 25.9 Å². The van der Waals surface area contributed by atoms with Gasteiger partial charge in [0.1, 0.15) is 5.75 Å². The molecule has 1 nitrogen and oxygen atoms in total. The van der Waals surface area contributed by atoms with E-state index in [1.807, 2.05) is 38.1 Å². The van der Waals surface area contributed by atoms with Gasteiger partial charge in [-0.25, -0.2) is 0 Å². The number of hydrogen-bond acceptors (Lipinski definition) is 2. The molecule has 1 N–H and O–H groups in total. The lowest BCUT2D eigenvalue weighted by atomic mass is 10.1. The van der Waals surface area contributed by atoms with E-state index in [4.69, 9.17) is 11.6 Å². The third kappa shape index (κ3) is 2.96. The van der Waals surface area contributed by atoms with E-state index in [0.29, 0.717) is 5.75 Å². The Balaban J connectivity index is 2.33. The van der Waals surface area contributed by atoms with E-state index in [1.165, 1.54) is 0 Å². The predicted octanol–water partition coefficient (Wildman–Crippen LogP) is 4.81. The van der Waals surface area contributed by atoms with E-state index in [2.05, 4.69) is 6.07 Å². The zero-order valence-electron chi connectivity index (χ0n) is 9.70. The number of hydrogen-bond donors (Lipinski definition) is 1. The van der Waals surface area contributed by atoms with Gasteiger partial charge >= 0.3 is 0 Å². The zero-order valence-corrected chi connectivity index (χ0v) is 11.3. The molecule has 0 spiro atoms. The highest BCUT2D eigenvalue weighted by Crippen LogP contribution is 2.37. The molecule has 2 aromatic rings. The Morgan fingerprint density at radius 1 is 1.06 bits per heavy atom. The van der Waals surface area contributed by atoms with Crippen molar-refractivity contribution in [2.75, 3.05) is 0 Å². The molecule has 0 aliphatic carbocycles. The fourth-order valence-electron chi connectivity index (χ4n) is 1.69. The lowest BCUT2D eigenvalue weighted by Gasteiger charge is -2.09. The largest absolute Gasteiger partial charge is 0.507 e. The van der Waals surface area contributed by atoms with Gasteiger partial charge < -0.3 is 5.11 Å². The van der Waals surface area contributed by atoms with Crippen LogP contribution in [0.2, 0.25) is 5.02 Å². The molecule has 17 heavy (non-hydrogen) atoms. The Morgan fingerprint density at radius 2 is 1.71 bits per heavy atom. The van der Waals surface area contributed by atoms with Gasteiger partial charge in [-0.05, 0) is 55.3 Å². The number of rotatable bonds is 2. The molecule has 0 aromatic heterocycles. The van der Waals surface area contributed by atoms with Crippen molar-refractivity contribution in [3.63, 3.8) is 0 Å². The molecular weight excluding hydrogens is 252 g/mol. The minimum atomic E-state index is 0.336. The number of aryl methyl sites for hydroxylation is 2. The summed E-state index contributed by atoms with van der Waals surface area (Å²) in [6, 6.07) is 11.5. The first-order valence-electron chi connectivity index (χ1n) is 5.30. The van der Waals surface area contributed by atoms with Crippen LogP contribution in [0.5, 0.6) is 5.75 Å². The second-order valence-corrected chi connectivity index (χ2v) is 5.51. The van der Waals surface area contributed by atoms with Gasteiger partial charge in [0.15, 0.2) is 0 Å². The maximum Gasteiger partial charge on any atom is 0.130 e. The van der Waals surface area contributed by atoms with Gasteiger partial charge in [0.25, 0.3) is 0 Å². The molecular formula is C14H13ClOS. The third-order valence-corrected chi connectivity index (χ3v) is 3.93. The first-order chi connectivity index (χ1) is 8.06. The first kappa shape index (κ1) is 12.3. The average molecular weight is 265 g/mol. The maximum atomic E-state index is 9.94. The highest BCUT2D eigenvalue weighted by molar-refractivity contribution is 7.99. The molecule has 0 atom stereocenters. The monoisotopic (exact) mass is 264 g/mol. The molecule has 0 aliphatic rings. The minimum absolute atomic E-state index is 0.336. The van der Waals surface area contributed by atoms with Crippen molar-refractivity contribution in [2.24, 2.45) is 0 Å². The zero-order chi connectivity index (χ0) is 12.4. The fraction of sp³-hybridized carbons (Fsp3) is 0.143. The summed E-state index contributed by atoms with van der Waals surface area (Å²) in [5, 5.41) is 10.7. The highest BCUT2D eigenvalue weighted by atomic mass is 35.5. The number of phenolic OH excluding ortho intramolecular Hbond substituents is 1. The highest BCUT2D eigenvalue weighted by Gasteiger charge is 2.07. The number of benzene rings is 2. The standard InChI is InChI=1S/C14H13ClOS/c1-9-7-10(2)14(13(16)8-9)17-12-5-3-11(15)4-6-12/h3-8,16H,1-2H3. The molecule has 0 saturated heterocycles. The van der Waals surface area contributed by atoms with Crippen LogP contribution in [0.1, 0.15) is 11.1 Å². The lowest BCUT2D eigenvalue weighted by molar-refractivity contribution is 0.461. The van der Waals surface area contributed by atoms with E-state index in [9.17, 15) is 5.11 Å². The Kier molecular flexibility index (Phi) is 3.65. The second kappa shape index (κ2) is 5.03. The molecule has 0 fully saturated rings. The second-order valence-electron chi connectivity index (χ2n) is 3.99. The van der Waals surface area contributed by atoms with Crippen LogP contribution in [0, 0.1) is 13.8 Å². The van der Waals surface area contributed by atoms with Crippen molar-refractivity contribution in [1.29, 1.82) is 0 Å². The Morgan fingerprint density at radius 3 is 2.29 bits per heavy atom. The van der Waals surface area contributed by atoms with Crippen LogP contribution in [-0.4, -0.2) is 5.11 Å². The van der Waals surface area contributed by atoms with E-state index >= 15 is 0 Å². The maximum absolute atomic E-state index is 9.94. The summed E-state index contributed by atoms with van der Waals surface area (Å²) >= 11 is 7.39. The van der Waals surface area contributed by atoms with E-state index < -0.39 is 0 Å². The quantitative estimate of drug-likeness (QED) is 0.840. The normalized spacial score (nSPS) is 10.5. The SMILES string of the molecule is Cc1cc(C)c(Sc2ccc(Cl)cc2)c(O)c1. The predicted molar refractivity (Wildman–Crippen MR) is 73.2 cm³/mol. The van der Waals surface area contributed by atoms with E-state index in [1.54, 1.807) is 17.8 Å². The van der Waals surface area contributed by atoms with Gasteiger partial charge in [-0.2, -0.15) is 0 Å². The fourth-order valence-corrected chi connectivity index (χ4v) is 2.70. The molecule has 88 valence electrons. The molecule has 0 amide bonds. The Labute approximate surface area is 110 Å². The average Bonchev–Trinajstić information content (AvgIpc) is 2.26. The lowest BCUT2D eigenvalue weighted by Crippen LogP contribution is -1.84. The van der Waals surface area contributed by atoms with Crippen LogP contribution in [0.4, 0.5) is 0 Å². The number of phenols is 1. The summed E-state index contributed by atoms with van der Waals surface area (Å²) < 4.78 is 0. The van der Waals surface area contributed by atoms with Gasteiger partial charge in [0.2, 0.25) is 0 Å². The molecule has 2 aromatic carbocycles. The summed E-state index contributed by atoms with van der Waals surface area (Å²) in [6.07, 6.45) is 0. The van der Waals surface area contributed by atoms with Crippen molar-refractivity contribution in [3.8, 4) is 5.75 Å². The van der Waals surface area contributed by atoms with Gasteiger partial charge in [0, 0.05) is 9.92 Å². The van der Waals surface area contributed by atoms with Gasteiger partial charge in [-0.1, -0.05) is 29.4 Å². The summed E-state index contributed by atoms with van der Waals surface area (Å²) in [5.74, 6) is 0.336. The molecule has 3 heteroatoms. The smallest absolute Gasteiger partial charge is 0.130 e. The van der Waals surface area contributed by atoms with Gasteiger partial charge in [-0.3, -0.25) is 0 Å². The van der Waals surface area contributed by atoms with Crippen molar-refractivity contribution in [1.82, 2.24) is 0 Å². The van der Waals surface area contributed by atoms with Gasteiger partial charge in [-0.15, -0.1) is 0 Å². The molecule has 0 heterocycles. The number of halogens is 1. The minimum Gasteiger partial charge on any atom is -0.507 e. The van der Waals surface area contributed by atoms with Crippen molar-refractivity contribution in [3.05, 3.63) is 52.5 Å². The molecule has 2 rings (SSSR count). The van der Waals surface area contributed by atoms with Crippen LogP contribution in [0.15, 0.2) is 46.2 Å². The Hall–Kier alpha value is -1.12. The van der Waals surface area contributed by atoms with Crippen LogP contribution in [0.3, 0.4) is 0 Å². The van der Waals surface area contributed by atoms with Crippen LogP contribution >= 0.6 is 23.4 Å². The van der Waals surface area contributed by atoms with Crippen LogP contribution < -0.4 is 0 Å². The van der Waals surface area contributed by atoms with Crippen LogP contribution in [0.25, 0.3) is 0 Å². The molecule has 0 aliphatic heterocycles. The van der Waals surface area contributed by atoms with Crippen molar-refractivity contribution in [2.45, 2.75) is 23.6 Å². The van der Waals surface area contributed by atoms with Gasteiger partial charge in [0.05, 0.1) is 4.90 Å². The number of aromatic hydroxyl groups is 1. The molecule has 0 saturated carbocycles. The summed E-state index contributed by atoms with van der Waals surface area (Å²) in [6.45, 7) is 3.98. The van der Waals surface area contributed by atoms with Crippen molar-refractivity contribution >= 4 is 23.4 Å². The molecule has 0 radical (unpaired) electrons. The van der Waals surface area contributed by atoms with Crippen LogP contribution in [-0.2, 0) is 0 Å². The summed E-state index contributed by atoms with van der Waals surface area (Å²) in [4.78, 5) is 1.97. The molecule has 0 unspecified atom stereocenters. The summed E-state index contributed by atoms with van der Waals surface area (Å²) in [5.41, 5.74) is 2.16. The van der Waals surface area contributed by atoms with E-state index in [-0.39, 0.29) is 0 Å². The molecule has 0 bridgehead atoms. The van der Waals surface area contributed by atoms with Crippen molar-refractivity contribution < 1.29 is 5.11 Å². The Bertz CT molecular complexity index is 511.